The fourth-order valence-corrected chi connectivity index (χ4v) is 5.69. The molecular formula is C27H32N4O5. The number of rotatable bonds is 7. The molecule has 3 saturated heterocycles. The lowest BCUT2D eigenvalue weighted by molar-refractivity contribution is -0.137. The van der Waals surface area contributed by atoms with E-state index >= 15 is 0 Å². The van der Waals surface area contributed by atoms with Crippen molar-refractivity contribution in [1.82, 2.24) is 20.1 Å². The molecular weight excluding hydrogens is 460 g/mol. The second-order valence-electron chi connectivity index (χ2n) is 9.71. The summed E-state index contributed by atoms with van der Waals surface area (Å²) in [5, 5.41) is 3.05. The molecule has 0 unspecified atom stereocenters. The van der Waals surface area contributed by atoms with Crippen LogP contribution in [0.15, 0.2) is 48.8 Å². The monoisotopic (exact) mass is 492 g/mol. The predicted molar refractivity (Wildman–Crippen MR) is 131 cm³/mol. The fraction of sp³-hybridized carbons (Fsp3) is 0.481. The first-order valence-electron chi connectivity index (χ1n) is 12.6. The third kappa shape index (κ3) is 4.55. The molecule has 0 aliphatic carbocycles. The maximum absolute atomic E-state index is 13.9. The molecule has 9 nitrogen and oxygen atoms in total. The summed E-state index contributed by atoms with van der Waals surface area (Å²) >= 11 is 0. The average molecular weight is 493 g/mol. The molecule has 3 aliphatic heterocycles. The van der Waals surface area contributed by atoms with Gasteiger partial charge in [-0.15, -0.1) is 0 Å². The number of carbonyl (C=O) groups excluding carboxylic acids is 3. The molecule has 3 aliphatic rings. The smallest absolute Gasteiger partial charge is 0.325 e. The summed E-state index contributed by atoms with van der Waals surface area (Å²) in [5.41, 5.74) is 0.391. The van der Waals surface area contributed by atoms with Crippen molar-refractivity contribution in [1.29, 1.82) is 0 Å². The maximum Gasteiger partial charge on any atom is 0.325 e. The molecule has 0 saturated carbocycles. The topological polar surface area (TPSA) is 101 Å². The minimum absolute atomic E-state index is 0.0407. The highest BCUT2D eigenvalue weighted by Gasteiger charge is 2.57. The number of nitrogens with zero attached hydrogens (tertiary/aromatic N) is 3. The van der Waals surface area contributed by atoms with Gasteiger partial charge in [0.2, 0.25) is 5.91 Å². The molecule has 5 rings (SSSR count). The standard InChI is InChI=1S/C27H32N4O5/c1-35-22-7-2-5-19(15-22)16-24(32)30-12-9-20(10-13-30)27(21-6-3-11-28-17-21)25(33)31(26(34)29-27)18-23-8-4-14-36-23/h2-3,5-7,11,15,17,20,23H,4,8-10,12-14,16,18H2,1H3,(H,29,34)/t23-,27+/m1/s1. The van der Waals surface area contributed by atoms with E-state index in [-0.39, 0.29) is 30.4 Å². The summed E-state index contributed by atoms with van der Waals surface area (Å²) in [7, 11) is 1.61. The molecule has 1 N–H and O–H groups in total. The van der Waals surface area contributed by atoms with Gasteiger partial charge in [-0.05, 0) is 55.4 Å². The predicted octanol–water partition coefficient (Wildman–Crippen LogP) is 2.50. The van der Waals surface area contributed by atoms with Crippen LogP contribution in [0, 0.1) is 5.92 Å². The molecule has 190 valence electrons. The average Bonchev–Trinajstić information content (AvgIpc) is 3.52. The van der Waals surface area contributed by atoms with E-state index in [1.165, 1.54) is 4.90 Å². The first-order chi connectivity index (χ1) is 17.5. The van der Waals surface area contributed by atoms with Gasteiger partial charge < -0.3 is 19.7 Å². The second kappa shape index (κ2) is 10.3. The summed E-state index contributed by atoms with van der Waals surface area (Å²) in [6, 6.07) is 10.8. The lowest BCUT2D eigenvalue weighted by Crippen LogP contribution is -2.54. The van der Waals surface area contributed by atoms with E-state index in [1.807, 2.05) is 35.2 Å². The summed E-state index contributed by atoms with van der Waals surface area (Å²) in [4.78, 5) is 47.4. The van der Waals surface area contributed by atoms with Crippen LogP contribution in [0.2, 0.25) is 0 Å². The van der Waals surface area contributed by atoms with Crippen molar-refractivity contribution >= 4 is 17.8 Å². The quantitative estimate of drug-likeness (QED) is 0.596. The molecule has 4 amide bonds. The Morgan fingerprint density at radius 3 is 2.72 bits per heavy atom. The molecule has 2 aromatic rings. The summed E-state index contributed by atoms with van der Waals surface area (Å²) in [6.07, 6.45) is 6.45. The number of hydrogen-bond donors (Lipinski definition) is 1. The summed E-state index contributed by atoms with van der Waals surface area (Å²) in [6.45, 7) is 1.95. The van der Waals surface area contributed by atoms with Crippen LogP contribution >= 0.6 is 0 Å². The molecule has 3 fully saturated rings. The van der Waals surface area contributed by atoms with Crippen LogP contribution in [0.4, 0.5) is 4.79 Å². The van der Waals surface area contributed by atoms with E-state index in [0.717, 1.165) is 24.2 Å². The van der Waals surface area contributed by atoms with Crippen LogP contribution in [0.1, 0.15) is 36.8 Å². The Morgan fingerprint density at radius 2 is 2.03 bits per heavy atom. The van der Waals surface area contributed by atoms with Crippen LogP contribution in [0.25, 0.3) is 0 Å². The molecule has 0 spiro atoms. The Kier molecular flexibility index (Phi) is 6.91. The largest absolute Gasteiger partial charge is 0.497 e. The van der Waals surface area contributed by atoms with Gasteiger partial charge in [-0.2, -0.15) is 0 Å². The first-order valence-corrected chi connectivity index (χ1v) is 12.6. The van der Waals surface area contributed by atoms with E-state index in [4.69, 9.17) is 9.47 Å². The number of carbonyl (C=O) groups is 3. The first kappa shape index (κ1) is 24.2. The van der Waals surface area contributed by atoms with Gasteiger partial charge in [0.25, 0.3) is 5.91 Å². The highest BCUT2D eigenvalue weighted by Crippen LogP contribution is 2.41. The zero-order valence-electron chi connectivity index (χ0n) is 20.5. The number of ether oxygens (including phenoxy) is 2. The number of imide groups is 1. The zero-order chi connectivity index (χ0) is 25.1. The fourth-order valence-electron chi connectivity index (χ4n) is 5.69. The molecule has 36 heavy (non-hydrogen) atoms. The SMILES string of the molecule is COc1cccc(CC(=O)N2CCC([C@@]3(c4cccnc4)NC(=O)N(C[C@H]4CCCO4)C3=O)CC2)c1. The Bertz CT molecular complexity index is 1110. The van der Waals surface area contributed by atoms with Crippen molar-refractivity contribution in [3.8, 4) is 5.75 Å². The van der Waals surface area contributed by atoms with Crippen molar-refractivity contribution in [2.75, 3.05) is 33.4 Å². The number of pyridine rings is 1. The highest BCUT2D eigenvalue weighted by atomic mass is 16.5. The molecule has 1 aromatic carbocycles. The lowest BCUT2D eigenvalue weighted by Gasteiger charge is -2.41. The summed E-state index contributed by atoms with van der Waals surface area (Å²) in [5.74, 6) is 0.352. The van der Waals surface area contributed by atoms with Crippen LogP contribution in [0.3, 0.4) is 0 Å². The number of aromatic nitrogens is 1. The van der Waals surface area contributed by atoms with Gasteiger partial charge in [-0.1, -0.05) is 18.2 Å². The molecule has 1 aromatic heterocycles. The minimum atomic E-state index is -1.19. The van der Waals surface area contributed by atoms with Crippen molar-refractivity contribution in [2.45, 2.75) is 43.7 Å². The lowest BCUT2D eigenvalue weighted by atomic mass is 9.73. The molecule has 2 atom stereocenters. The number of nitrogens with one attached hydrogen (secondary N) is 1. The van der Waals surface area contributed by atoms with Gasteiger partial charge in [-0.25, -0.2) is 4.79 Å². The van der Waals surface area contributed by atoms with Gasteiger partial charge in [0.15, 0.2) is 5.54 Å². The van der Waals surface area contributed by atoms with Gasteiger partial charge in [0.05, 0.1) is 26.2 Å². The van der Waals surface area contributed by atoms with Gasteiger partial charge >= 0.3 is 6.03 Å². The minimum Gasteiger partial charge on any atom is -0.497 e. The normalized spacial score (nSPS) is 24.8. The Morgan fingerprint density at radius 1 is 1.19 bits per heavy atom. The van der Waals surface area contributed by atoms with Crippen molar-refractivity contribution < 1.29 is 23.9 Å². The number of benzene rings is 1. The van der Waals surface area contributed by atoms with Crippen molar-refractivity contribution in [3.05, 3.63) is 59.9 Å². The van der Waals surface area contributed by atoms with Gasteiger partial charge in [0, 0.05) is 37.7 Å². The summed E-state index contributed by atoms with van der Waals surface area (Å²) < 4.78 is 11.0. The van der Waals surface area contributed by atoms with Gasteiger partial charge in [-0.3, -0.25) is 19.5 Å². The number of likely N-dealkylation sites (tertiary alicyclic amines) is 1. The molecule has 4 heterocycles. The molecule has 0 bridgehead atoms. The zero-order valence-corrected chi connectivity index (χ0v) is 20.5. The van der Waals surface area contributed by atoms with E-state index in [1.54, 1.807) is 25.6 Å². The molecule has 9 heteroatoms. The van der Waals surface area contributed by atoms with Crippen LogP contribution in [-0.4, -0.2) is 72.1 Å². The maximum atomic E-state index is 13.9. The third-order valence-electron chi connectivity index (χ3n) is 7.61. The number of methoxy groups -OCH3 is 1. The van der Waals surface area contributed by atoms with Gasteiger partial charge in [0.1, 0.15) is 5.75 Å². The number of urea groups is 1. The van der Waals surface area contributed by atoms with Crippen molar-refractivity contribution in [3.63, 3.8) is 0 Å². The van der Waals surface area contributed by atoms with E-state index < -0.39 is 11.6 Å². The number of piperidine rings is 1. The number of hydrogen-bond acceptors (Lipinski definition) is 6. The van der Waals surface area contributed by atoms with Crippen LogP contribution in [0.5, 0.6) is 5.75 Å². The second-order valence-corrected chi connectivity index (χ2v) is 9.71. The third-order valence-corrected chi connectivity index (χ3v) is 7.61. The number of amides is 4. The Hall–Kier alpha value is -3.46. The van der Waals surface area contributed by atoms with Crippen molar-refractivity contribution in [2.24, 2.45) is 5.92 Å². The van der Waals surface area contributed by atoms with E-state index in [2.05, 4.69) is 10.3 Å². The highest BCUT2D eigenvalue weighted by molar-refractivity contribution is 6.07. The van der Waals surface area contributed by atoms with E-state index in [9.17, 15) is 14.4 Å². The van der Waals surface area contributed by atoms with Crippen LogP contribution in [-0.2, 0) is 26.3 Å². The Labute approximate surface area is 210 Å². The van der Waals surface area contributed by atoms with Crippen LogP contribution < -0.4 is 10.1 Å². The Balaban J connectivity index is 1.32. The molecule has 0 radical (unpaired) electrons. The van der Waals surface area contributed by atoms with E-state index in [0.29, 0.717) is 44.5 Å².